The molecule has 0 spiro atoms. The van der Waals surface area contributed by atoms with Crippen molar-refractivity contribution >= 4 is 54.8 Å². The third kappa shape index (κ3) is 3.86. The van der Waals surface area contributed by atoms with Crippen LogP contribution in [0.5, 0.6) is 17.2 Å². The topological polar surface area (TPSA) is 90.7 Å². The summed E-state index contributed by atoms with van der Waals surface area (Å²) in [6, 6.07) is 14.9. The Morgan fingerprint density at radius 1 is 1.03 bits per heavy atom. The number of aliphatic imine (C=N–C) groups is 1. The number of H-pyrrole nitrogens is 1. The molecule has 8 heteroatoms. The zero-order valence-electron chi connectivity index (χ0n) is 15.1. The fraction of sp³-hybridized carbons (Fsp3) is 0.0476. The number of halogens is 2. The number of imidazole rings is 1. The molecule has 0 aliphatic heterocycles. The number of benzene rings is 3. The number of hydrogen-bond acceptors (Lipinski definition) is 5. The number of hydrogen-bond donors (Lipinski definition) is 3. The molecular weight excluding hydrogens is 502 g/mol. The van der Waals surface area contributed by atoms with E-state index in [2.05, 4.69) is 46.8 Å². The quantitative estimate of drug-likeness (QED) is 0.293. The van der Waals surface area contributed by atoms with E-state index < -0.39 is 0 Å². The van der Waals surface area contributed by atoms with Gasteiger partial charge in [0.1, 0.15) is 27.5 Å². The van der Waals surface area contributed by atoms with Gasteiger partial charge >= 0.3 is 0 Å². The SMILES string of the molecule is COc1ccc(-c2nc3ccc(N=Cc4cc(Br)c(O)c(Br)c4O)cc3[nH]2)cc1. The van der Waals surface area contributed by atoms with Gasteiger partial charge in [0.05, 0.1) is 28.3 Å². The Morgan fingerprint density at radius 3 is 2.52 bits per heavy atom. The van der Waals surface area contributed by atoms with E-state index in [1.54, 1.807) is 13.2 Å². The molecule has 0 saturated carbocycles. The van der Waals surface area contributed by atoms with Gasteiger partial charge in [-0.05, 0) is 80.4 Å². The molecule has 3 N–H and O–H groups in total. The molecule has 0 radical (unpaired) electrons. The maximum Gasteiger partial charge on any atom is 0.147 e. The van der Waals surface area contributed by atoms with Gasteiger partial charge in [-0.3, -0.25) is 4.99 Å². The van der Waals surface area contributed by atoms with Gasteiger partial charge in [-0.1, -0.05) is 0 Å². The zero-order valence-corrected chi connectivity index (χ0v) is 18.3. The number of rotatable bonds is 4. The lowest BCUT2D eigenvalue weighted by Crippen LogP contribution is -1.85. The highest BCUT2D eigenvalue weighted by Gasteiger charge is 2.13. The largest absolute Gasteiger partial charge is 0.506 e. The average Bonchev–Trinajstić information content (AvgIpc) is 3.17. The third-order valence-corrected chi connectivity index (χ3v) is 5.73. The smallest absolute Gasteiger partial charge is 0.147 e. The first-order chi connectivity index (χ1) is 14.0. The lowest BCUT2D eigenvalue weighted by Gasteiger charge is -2.06. The number of phenolic OH excluding ortho intramolecular Hbond substituents is 2. The van der Waals surface area contributed by atoms with Crippen molar-refractivity contribution < 1.29 is 14.9 Å². The van der Waals surface area contributed by atoms with Gasteiger partial charge in [0, 0.05) is 17.3 Å². The van der Waals surface area contributed by atoms with Gasteiger partial charge in [0.2, 0.25) is 0 Å². The minimum absolute atomic E-state index is 0.0652. The van der Waals surface area contributed by atoms with Crippen molar-refractivity contribution in [1.29, 1.82) is 0 Å². The minimum Gasteiger partial charge on any atom is -0.506 e. The lowest BCUT2D eigenvalue weighted by atomic mass is 10.2. The molecule has 0 aliphatic carbocycles. The van der Waals surface area contributed by atoms with Crippen LogP contribution in [0, 0.1) is 0 Å². The first kappa shape index (κ1) is 19.5. The normalized spacial score (nSPS) is 11.4. The van der Waals surface area contributed by atoms with E-state index in [0.717, 1.165) is 28.2 Å². The van der Waals surface area contributed by atoms with Crippen LogP contribution in [0.15, 0.2) is 62.5 Å². The van der Waals surface area contributed by atoms with Gasteiger partial charge in [-0.2, -0.15) is 0 Å². The Kier molecular flexibility index (Phi) is 5.29. The number of aromatic amines is 1. The standard InChI is InChI=1S/C21H15Br2N3O3/c1-29-14-5-2-11(3-6-14)21-25-16-7-4-13(9-17(16)26-21)24-10-12-8-15(22)20(28)18(23)19(12)27/h2-10,27-28H,1H3,(H,25,26). The monoisotopic (exact) mass is 515 g/mol. The predicted molar refractivity (Wildman–Crippen MR) is 121 cm³/mol. The number of nitrogens with zero attached hydrogens (tertiary/aromatic N) is 2. The first-order valence-electron chi connectivity index (χ1n) is 8.54. The summed E-state index contributed by atoms with van der Waals surface area (Å²) >= 11 is 6.41. The fourth-order valence-corrected chi connectivity index (χ4v) is 3.98. The lowest BCUT2D eigenvalue weighted by molar-refractivity contribution is 0.415. The molecule has 4 aromatic rings. The fourth-order valence-electron chi connectivity index (χ4n) is 2.82. The molecule has 0 aliphatic rings. The Hall–Kier alpha value is -2.84. The van der Waals surface area contributed by atoms with E-state index >= 15 is 0 Å². The molecule has 29 heavy (non-hydrogen) atoms. The molecule has 0 saturated heterocycles. The Balaban J connectivity index is 1.65. The van der Waals surface area contributed by atoms with Crippen LogP contribution < -0.4 is 4.74 Å². The van der Waals surface area contributed by atoms with Crippen molar-refractivity contribution in [1.82, 2.24) is 9.97 Å². The highest BCUT2D eigenvalue weighted by Crippen LogP contribution is 2.40. The second-order valence-corrected chi connectivity index (χ2v) is 7.88. The summed E-state index contributed by atoms with van der Waals surface area (Å²) in [5, 5.41) is 20.0. The summed E-state index contributed by atoms with van der Waals surface area (Å²) in [6.07, 6.45) is 1.53. The van der Waals surface area contributed by atoms with Crippen LogP contribution in [0.4, 0.5) is 5.69 Å². The van der Waals surface area contributed by atoms with Crippen LogP contribution in [0.25, 0.3) is 22.4 Å². The number of phenols is 2. The second-order valence-electron chi connectivity index (χ2n) is 6.23. The van der Waals surface area contributed by atoms with Crippen LogP contribution in [-0.2, 0) is 0 Å². The molecule has 0 atom stereocenters. The molecule has 1 heterocycles. The Morgan fingerprint density at radius 2 is 1.79 bits per heavy atom. The number of ether oxygens (including phenoxy) is 1. The van der Waals surface area contributed by atoms with Crippen molar-refractivity contribution in [3.8, 4) is 28.6 Å². The summed E-state index contributed by atoms with van der Waals surface area (Å²) < 4.78 is 5.85. The molecule has 3 aromatic carbocycles. The first-order valence-corrected chi connectivity index (χ1v) is 10.1. The van der Waals surface area contributed by atoms with Gasteiger partial charge in [-0.25, -0.2) is 4.98 Å². The zero-order chi connectivity index (χ0) is 20.5. The van der Waals surface area contributed by atoms with E-state index in [4.69, 9.17) is 4.74 Å². The van der Waals surface area contributed by atoms with Crippen LogP contribution in [0.1, 0.15) is 5.56 Å². The van der Waals surface area contributed by atoms with E-state index in [0.29, 0.717) is 15.7 Å². The van der Waals surface area contributed by atoms with Gasteiger partial charge in [0.15, 0.2) is 0 Å². The number of aromatic hydroxyl groups is 2. The molecule has 1 aromatic heterocycles. The average molecular weight is 517 g/mol. The van der Waals surface area contributed by atoms with Crippen molar-refractivity contribution in [2.24, 2.45) is 4.99 Å². The van der Waals surface area contributed by atoms with E-state index in [9.17, 15) is 10.2 Å². The number of fused-ring (bicyclic) bond motifs is 1. The van der Waals surface area contributed by atoms with Gasteiger partial charge in [-0.15, -0.1) is 0 Å². The molecule has 0 amide bonds. The number of methoxy groups -OCH3 is 1. The van der Waals surface area contributed by atoms with Crippen LogP contribution in [-0.4, -0.2) is 33.5 Å². The Labute approximate surface area is 183 Å². The summed E-state index contributed by atoms with van der Waals surface area (Å²) in [4.78, 5) is 12.3. The van der Waals surface area contributed by atoms with E-state index in [-0.39, 0.29) is 16.0 Å². The van der Waals surface area contributed by atoms with Crippen LogP contribution in [0.2, 0.25) is 0 Å². The predicted octanol–water partition coefficient (Wildman–Crippen LogP) is 5.93. The molecule has 0 bridgehead atoms. The Bertz CT molecular complexity index is 1230. The van der Waals surface area contributed by atoms with Crippen LogP contribution >= 0.6 is 31.9 Å². The molecule has 0 fully saturated rings. The molecule has 146 valence electrons. The molecule has 6 nitrogen and oxygen atoms in total. The summed E-state index contributed by atoms with van der Waals surface area (Å²) in [6.45, 7) is 0. The van der Waals surface area contributed by atoms with Gasteiger partial charge in [0.25, 0.3) is 0 Å². The van der Waals surface area contributed by atoms with Crippen molar-refractivity contribution in [3.05, 3.63) is 63.0 Å². The molecule has 4 rings (SSSR count). The van der Waals surface area contributed by atoms with Crippen molar-refractivity contribution in [3.63, 3.8) is 0 Å². The third-order valence-electron chi connectivity index (χ3n) is 4.38. The highest BCUT2D eigenvalue weighted by atomic mass is 79.9. The van der Waals surface area contributed by atoms with Crippen LogP contribution in [0.3, 0.4) is 0 Å². The van der Waals surface area contributed by atoms with Crippen molar-refractivity contribution in [2.75, 3.05) is 7.11 Å². The summed E-state index contributed by atoms with van der Waals surface area (Å²) in [5.74, 6) is 1.40. The number of nitrogens with one attached hydrogen (secondary N) is 1. The maximum atomic E-state index is 10.2. The van der Waals surface area contributed by atoms with E-state index in [1.807, 2.05) is 42.5 Å². The van der Waals surface area contributed by atoms with Crippen molar-refractivity contribution in [2.45, 2.75) is 0 Å². The van der Waals surface area contributed by atoms with E-state index in [1.165, 1.54) is 6.21 Å². The maximum absolute atomic E-state index is 10.2. The second kappa shape index (κ2) is 7.88. The minimum atomic E-state index is -0.0844. The summed E-state index contributed by atoms with van der Waals surface area (Å²) in [7, 11) is 1.63. The summed E-state index contributed by atoms with van der Waals surface area (Å²) in [5.41, 5.74) is 3.79. The molecular formula is C21H15Br2N3O3. The molecule has 0 unspecified atom stereocenters. The van der Waals surface area contributed by atoms with Gasteiger partial charge < -0.3 is 19.9 Å². The highest BCUT2D eigenvalue weighted by molar-refractivity contribution is 9.11. The number of aromatic nitrogens is 2.